The third-order valence-electron chi connectivity index (χ3n) is 4.01. The molecule has 0 atom stereocenters. The third-order valence-corrected chi connectivity index (χ3v) is 6.65. The zero-order valence-corrected chi connectivity index (χ0v) is 14.6. The van der Waals surface area contributed by atoms with Gasteiger partial charge in [0.05, 0.1) is 18.1 Å². The Kier molecular flexibility index (Phi) is 5.48. The maximum atomic E-state index is 12.4. The molecular weight excluding hydrogens is 330 g/mol. The number of hydrogen-bond donors (Lipinski definition) is 0. The van der Waals surface area contributed by atoms with E-state index < -0.39 is 10.0 Å². The smallest absolute Gasteiger partial charge is 0.243 e. The first-order chi connectivity index (χ1) is 11.2. The maximum Gasteiger partial charge on any atom is 0.243 e. The van der Waals surface area contributed by atoms with Gasteiger partial charge in [0.2, 0.25) is 10.0 Å². The first-order valence-electron chi connectivity index (χ1n) is 7.84. The standard InChI is InChI=1S/C17H21NO3S2/c19-23(20,18-9-1-2-10-18)17-5-3-15(4-6-17)13-21-11-7-16-8-12-22-14-16/h3-6,8,12,14H,1-2,7,9-11,13H2. The van der Waals surface area contributed by atoms with Crippen LogP contribution in [0.4, 0.5) is 0 Å². The summed E-state index contributed by atoms with van der Waals surface area (Å²) in [6.07, 6.45) is 2.81. The van der Waals surface area contributed by atoms with Crippen LogP contribution < -0.4 is 0 Å². The first-order valence-corrected chi connectivity index (χ1v) is 10.2. The van der Waals surface area contributed by atoms with Crippen LogP contribution in [0.1, 0.15) is 24.0 Å². The molecule has 1 aromatic heterocycles. The van der Waals surface area contributed by atoms with Crippen molar-refractivity contribution in [2.45, 2.75) is 30.8 Å². The molecule has 0 radical (unpaired) electrons. The molecule has 23 heavy (non-hydrogen) atoms. The number of benzene rings is 1. The van der Waals surface area contributed by atoms with E-state index in [1.54, 1.807) is 27.8 Å². The molecule has 3 rings (SSSR count). The molecule has 1 aliphatic rings. The summed E-state index contributed by atoms with van der Waals surface area (Å²) in [5.74, 6) is 0. The molecule has 4 nitrogen and oxygen atoms in total. The summed E-state index contributed by atoms with van der Waals surface area (Å²) in [4.78, 5) is 0.376. The summed E-state index contributed by atoms with van der Waals surface area (Å²) >= 11 is 1.69. The highest BCUT2D eigenvalue weighted by Gasteiger charge is 2.26. The van der Waals surface area contributed by atoms with Crippen molar-refractivity contribution in [3.05, 3.63) is 52.2 Å². The van der Waals surface area contributed by atoms with Gasteiger partial charge in [-0.15, -0.1) is 0 Å². The number of hydrogen-bond acceptors (Lipinski definition) is 4. The van der Waals surface area contributed by atoms with Gasteiger partial charge in [0, 0.05) is 13.1 Å². The van der Waals surface area contributed by atoms with E-state index in [1.165, 1.54) is 5.56 Å². The highest BCUT2D eigenvalue weighted by molar-refractivity contribution is 7.89. The molecule has 1 saturated heterocycles. The van der Waals surface area contributed by atoms with E-state index in [4.69, 9.17) is 4.74 Å². The SMILES string of the molecule is O=S(=O)(c1ccc(COCCc2ccsc2)cc1)N1CCCC1. The van der Waals surface area contributed by atoms with E-state index in [0.29, 0.717) is 31.2 Å². The van der Waals surface area contributed by atoms with E-state index in [9.17, 15) is 8.42 Å². The summed E-state index contributed by atoms with van der Waals surface area (Å²) in [5.41, 5.74) is 2.29. The molecule has 0 spiro atoms. The molecule has 124 valence electrons. The number of rotatable bonds is 7. The highest BCUT2D eigenvalue weighted by atomic mass is 32.2. The van der Waals surface area contributed by atoms with Gasteiger partial charge in [-0.05, 0) is 59.3 Å². The normalized spacial score (nSPS) is 16.0. The Morgan fingerprint density at radius 2 is 1.78 bits per heavy atom. The molecule has 6 heteroatoms. The molecule has 1 aliphatic heterocycles. The van der Waals surface area contributed by atoms with Gasteiger partial charge in [0.15, 0.2) is 0 Å². The largest absolute Gasteiger partial charge is 0.376 e. The van der Waals surface area contributed by atoms with Crippen LogP contribution in [0.25, 0.3) is 0 Å². The number of thiophene rings is 1. The van der Waals surface area contributed by atoms with Gasteiger partial charge >= 0.3 is 0 Å². The van der Waals surface area contributed by atoms with Crippen LogP contribution in [-0.2, 0) is 27.8 Å². The monoisotopic (exact) mass is 351 g/mol. The average molecular weight is 351 g/mol. The van der Waals surface area contributed by atoms with Crippen LogP contribution in [0.15, 0.2) is 46.0 Å². The molecule has 0 aliphatic carbocycles. The van der Waals surface area contributed by atoms with Gasteiger partial charge in [-0.2, -0.15) is 15.6 Å². The summed E-state index contributed by atoms with van der Waals surface area (Å²) in [6.45, 7) is 2.45. The lowest BCUT2D eigenvalue weighted by Crippen LogP contribution is -2.27. The van der Waals surface area contributed by atoms with Crippen molar-refractivity contribution in [2.24, 2.45) is 0 Å². The van der Waals surface area contributed by atoms with Crippen molar-refractivity contribution in [1.29, 1.82) is 0 Å². The minimum Gasteiger partial charge on any atom is -0.376 e. The van der Waals surface area contributed by atoms with E-state index in [1.807, 2.05) is 12.1 Å². The molecule has 1 aromatic carbocycles. The van der Waals surface area contributed by atoms with Crippen molar-refractivity contribution in [3.63, 3.8) is 0 Å². The Morgan fingerprint density at radius 1 is 1.04 bits per heavy atom. The Labute approximate surface area is 141 Å². The van der Waals surface area contributed by atoms with Gasteiger partial charge in [0.1, 0.15) is 0 Å². The van der Waals surface area contributed by atoms with E-state index in [0.717, 1.165) is 24.8 Å². The predicted octanol–water partition coefficient (Wildman–Crippen LogP) is 3.29. The van der Waals surface area contributed by atoms with Crippen LogP contribution in [0.5, 0.6) is 0 Å². The molecule has 0 N–H and O–H groups in total. The molecular formula is C17H21NO3S2. The highest BCUT2D eigenvalue weighted by Crippen LogP contribution is 2.21. The van der Waals surface area contributed by atoms with Crippen LogP contribution in [0.2, 0.25) is 0 Å². The number of ether oxygens (including phenoxy) is 1. The summed E-state index contributed by atoms with van der Waals surface area (Å²) in [7, 11) is -3.32. The van der Waals surface area contributed by atoms with Gasteiger partial charge in [0.25, 0.3) is 0 Å². The van der Waals surface area contributed by atoms with E-state index >= 15 is 0 Å². The summed E-state index contributed by atoms with van der Waals surface area (Å²) in [6, 6.07) is 9.16. The fourth-order valence-corrected chi connectivity index (χ4v) is 4.87. The lowest BCUT2D eigenvalue weighted by molar-refractivity contribution is 0.124. The predicted molar refractivity (Wildman–Crippen MR) is 92.1 cm³/mol. The summed E-state index contributed by atoms with van der Waals surface area (Å²) < 4.78 is 32.1. The van der Waals surface area contributed by atoms with Crippen LogP contribution in [0.3, 0.4) is 0 Å². The van der Waals surface area contributed by atoms with Crippen LogP contribution in [0, 0.1) is 0 Å². The van der Waals surface area contributed by atoms with Crippen molar-refractivity contribution in [3.8, 4) is 0 Å². The minimum atomic E-state index is -3.32. The molecule has 2 heterocycles. The average Bonchev–Trinajstić information content (AvgIpc) is 3.25. The zero-order chi connectivity index (χ0) is 16.1. The second-order valence-corrected chi connectivity index (χ2v) is 8.41. The molecule has 0 saturated carbocycles. The van der Waals surface area contributed by atoms with Crippen molar-refractivity contribution in [2.75, 3.05) is 19.7 Å². The zero-order valence-electron chi connectivity index (χ0n) is 13.0. The lowest BCUT2D eigenvalue weighted by atomic mass is 10.2. The van der Waals surface area contributed by atoms with Gasteiger partial charge in [-0.25, -0.2) is 8.42 Å². The maximum absolute atomic E-state index is 12.4. The topological polar surface area (TPSA) is 46.6 Å². The van der Waals surface area contributed by atoms with E-state index in [2.05, 4.69) is 16.8 Å². The molecule has 0 bridgehead atoms. The van der Waals surface area contributed by atoms with Gasteiger partial charge < -0.3 is 4.74 Å². The number of sulfonamides is 1. The Hall–Kier alpha value is -1.21. The number of nitrogens with zero attached hydrogens (tertiary/aromatic N) is 1. The van der Waals surface area contributed by atoms with E-state index in [-0.39, 0.29) is 0 Å². The Bertz CT molecular complexity index is 703. The Morgan fingerprint density at radius 3 is 2.43 bits per heavy atom. The molecule has 0 unspecified atom stereocenters. The van der Waals surface area contributed by atoms with Crippen molar-refractivity contribution >= 4 is 21.4 Å². The van der Waals surface area contributed by atoms with Crippen LogP contribution in [-0.4, -0.2) is 32.4 Å². The molecule has 2 aromatic rings. The molecule has 0 amide bonds. The lowest BCUT2D eigenvalue weighted by Gasteiger charge is -2.15. The fraction of sp³-hybridized carbons (Fsp3) is 0.412. The first kappa shape index (κ1) is 16.6. The van der Waals surface area contributed by atoms with Crippen LogP contribution >= 0.6 is 11.3 Å². The van der Waals surface area contributed by atoms with Gasteiger partial charge in [-0.1, -0.05) is 12.1 Å². The minimum absolute atomic E-state index is 0.376. The van der Waals surface area contributed by atoms with Crippen molar-refractivity contribution in [1.82, 2.24) is 4.31 Å². The molecule has 1 fully saturated rings. The second kappa shape index (κ2) is 7.57. The van der Waals surface area contributed by atoms with Crippen molar-refractivity contribution < 1.29 is 13.2 Å². The summed E-state index contributed by atoms with van der Waals surface area (Å²) in [5, 5.41) is 4.19. The fourth-order valence-electron chi connectivity index (χ4n) is 2.65. The van der Waals surface area contributed by atoms with Gasteiger partial charge in [-0.3, -0.25) is 0 Å². The Balaban J connectivity index is 1.52. The third kappa shape index (κ3) is 4.20. The second-order valence-electron chi connectivity index (χ2n) is 5.69. The quantitative estimate of drug-likeness (QED) is 0.719.